The maximum atomic E-state index is 11.4. The first kappa shape index (κ1) is 9.90. The Hall–Kier alpha value is -1.18. The molecule has 2 nitrogen and oxygen atoms in total. The smallest absolute Gasteiger partial charge is 0.168 e. The second-order valence-corrected chi connectivity index (χ2v) is 2.95. The van der Waals surface area contributed by atoms with Gasteiger partial charge < -0.3 is 0 Å². The van der Waals surface area contributed by atoms with Gasteiger partial charge >= 0.3 is 0 Å². The lowest BCUT2D eigenvalue weighted by molar-refractivity contribution is 0.102. The van der Waals surface area contributed by atoms with E-state index < -0.39 is 0 Å². The lowest BCUT2D eigenvalue weighted by Crippen LogP contribution is -1.99. The van der Waals surface area contributed by atoms with Crippen LogP contribution in [0.2, 0.25) is 0 Å². The van der Waals surface area contributed by atoms with E-state index in [2.05, 4.69) is 11.9 Å². The van der Waals surface area contributed by atoms with E-state index in [-0.39, 0.29) is 5.78 Å². The van der Waals surface area contributed by atoms with Crippen LogP contribution in [0.25, 0.3) is 0 Å². The van der Waals surface area contributed by atoms with Crippen LogP contribution in [-0.2, 0) is 0 Å². The van der Waals surface area contributed by atoms with Crippen molar-refractivity contribution in [3.05, 3.63) is 36.5 Å². The van der Waals surface area contributed by atoms with Crippen LogP contribution in [0.15, 0.2) is 24.5 Å². The Labute approximate surface area is 79.0 Å². The summed E-state index contributed by atoms with van der Waals surface area (Å²) >= 11 is 0. The molecule has 0 fully saturated rings. The number of Topliss-reactive ketones (excluding diaryl/α,β-unsaturated/α-hetero) is 1. The van der Waals surface area contributed by atoms with Crippen LogP contribution in [0.1, 0.15) is 36.5 Å². The standard InChI is InChI=1S/C11H14NO/c1-2-3-4-7-11(13)10-6-5-8-12-9-10/h5-9H,2-4H2,1H3. The first-order valence-electron chi connectivity index (χ1n) is 4.62. The Bertz CT molecular complexity index is 256. The highest BCUT2D eigenvalue weighted by Gasteiger charge is 2.04. The molecule has 1 heterocycles. The highest BCUT2D eigenvalue weighted by molar-refractivity contribution is 6.02. The normalized spacial score (nSPS) is 9.92. The van der Waals surface area contributed by atoms with Gasteiger partial charge in [0.15, 0.2) is 5.78 Å². The van der Waals surface area contributed by atoms with Gasteiger partial charge in [-0.15, -0.1) is 0 Å². The number of hydrogen-bond acceptors (Lipinski definition) is 2. The summed E-state index contributed by atoms with van der Waals surface area (Å²) in [6.07, 6.45) is 8.07. The van der Waals surface area contributed by atoms with Gasteiger partial charge in [-0.1, -0.05) is 19.8 Å². The molecule has 0 aliphatic rings. The van der Waals surface area contributed by atoms with Crippen molar-refractivity contribution in [2.75, 3.05) is 0 Å². The fraction of sp³-hybridized carbons (Fsp3) is 0.364. The fourth-order valence-corrected chi connectivity index (χ4v) is 1.06. The Morgan fingerprint density at radius 2 is 2.46 bits per heavy atom. The van der Waals surface area contributed by atoms with E-state index in [0.29, 0.717) is 5.56 Å². The molecule has 0 N–H and O–H groups in total. The summed E-state index contributed by atoms with van der Waals surface area (Å²) in [6, 6.07) is 3.57. The molecule has 1 rings (SSSR count). The number of carbonyl (C=O) groups excluding carboxylic acids is 1. The molecule has 0 aliphatic carbocycles. The van der Waals surface area contributed by atoms with Crippen LogP contribution in [0.5, 0.6) is 0 Å². The number of aromatic nitrogens is 1. The third kappa shape index (κ3) is 3.36. The predicted octanol–water partition coefficient (Wildman–Crippen LogP) is 2.66. The molecule has 69 valence electrons. The zero-order valence-corrected chi connectivity index (χ0v) is 7.86. The zero-order valence-electron chi connectivity index (χ0n) is 7.86. The van der Waals surface area contributed by atoms with Crippen molar-refractivity contribution in [1.82, 2.24) is 4.98 Å². The average molecular weight is 176 g/mol. The van der Waals surface area contributed by atoms with Crippen molar-refractivity contribution < 1.29 is 4.79 Å². The van der Waals surface area contributed by atoms with Crippen molar-refractivity contribution in [2.45, 2.75) is 26.2 Å². The topological polar surface area (TPSA) is 30.0 Å². The van der Waals surface area contributed by atoms with Crippen molar-refractivity contribution in [1.29, 1.82) is 0 Å². The van der Waals surface area contributed by atoms with Crippen LogP contribution in [-0.4, -0.2) is 10.8 Å². The molecule has 2 heteroatoms. The minimum absolute atomic E-state index is 0.0848. The molecular weight excluding hydrogens is 162 g/mol. The first-order valence-corrected chi connectivity index (χ1v) is 4.62. The fourth-order valence-electron chi connectivity index (χ4n) is 1.06. The summed E-state index contributed by atoms with van der Waals surface area (Å²) < 4.78 is 0. The van der Waals surface area contributed by atoms with E-state index in [0.717, 1.165) is 19.3 Å². The predicted molar refractivity (Wildman–Crippen MR) is 52.4 cm³/mol. The van der Waals surface area contributed by atoms with Crippen LogP contribution >= 0.6 is 0 Å². The van der Waals surface area contributed by atoms with Gasteiger partial charge in [0.05, 0.1) is 0 Å². The SMILES string of the molecule is CCCC[CH]C(=O)c1cccnc1. The Balaban J connectivity index is 2.40. The highest BCUT2D eigenvalue weighted by Crippen LogP contribution is 2.05. The largest absolute Gasteiger partial charge is 0.294 e. The molecule has 0 saturated heterocycles. The molecule has 1 aromatic rings. The molecule has 0 amide bonds. The lowest BCUT2D eigenvalue weighted by Gasteiger charge is -1.98. The number of carbonyl (C=O) groups is 1. The molecule has 0 unspecified atom stereocenters. The van der Waals surface area contributed by atoms with Gasteiger partial charge in [-0.05, 0) is 18.6 Å². The van der Waals surface area contributed by atoms with E-state index in [4.69, 9.17) is 0 Å². The Morgan fingerprint density at radius 3 is 3.08 bits per heavy atom. The van der Waals surface area contributed by atoms with Gasteiger partial charge in [0.25, 0.3) is 0 Å². The molecule has 0 aliphatic heterocycles. The quantitative estimate of drug-likeness (QED) is 0.510. The summed E-state index contributed by atoms with van der Waals surface area (Å²) in [5.41, 5.74) is 0.679. The minimum Gasteiger partial charge on any atom is -0.294 e. The first-order chi connectivity index (χ1) is 6.34. The van der Waals surface area contributed by atoms with E-state index in [1.165, 1.54) is 0 Å². The maximum absolute atomic E-state index is 11.4. The number of unbranched alkanes of at least 4 members (excludes halogenated alkanes) is 2. The van der Waals surface area contributed by atoms with Crippen LogP contribution in [0.3, 0.4) is 0 Å². The maximum Gasteiger partial charge on any atom is 0.168 e. The van der Waals surface area contributed by atoms with Gasteiger partial charge in [-0.3, -0.25) is 9.78 Å². The number of hydrogen-bond donors (Lipinski definition) is 0. The van der Waals surface area contributed by atoms with Crippen molar-refractivity contribution in [3.63, 3.8) is 0 Å². The molecule has 0 aromatic carbocycles. The summed E-state index contributed by atoms with van der Waals surface area (Å²) in [4.78, 5) is 15.3. The van der Waals surface area contributed by atoms with E-state index in [1.54, 1.807) is 30.9 Å². The van der Waals surface area contributed by atoms with Crippen LogP contribution < -0.4 is 0 Å². The Morgan fingerprint density at radius 1 is 1.62 bits per heavy atom. The minimum atomic E-state index is 0.0848. The van der Waals surface area contributed by atoms with Gasteiger partial charge in [0.2, 0.25) is 0 Å². The number of nitrogens with zero attached hydrogens (tertiary/aromatic N) is 1. The second-order valence-electron chi connectivity index (χ2n) is 2.95. The molecular formula is C11H14NO. The lowest BCUT2D eigenvalue weighted by atomic mass is 10.1. The number of rotatable bonds is 5. The monoisotopic (exact) mass is 176 g/mol. The van der Waals surface area contributed by atoms with E-state index in [1.807, 2.05) is 0 Å². The third-order valence-electron chi connectivity index (χ3n) is 1.83. The highest BCUT2D eigenvalue weighted by atomic mass is 16.1. The molecule has 13 heavy (non-hydrogen) atoms. The van der Waals surface area contributed by atoms with E-state index >= 15 is 0 Å². The van der Waals surface area contributed by atoms with Gasteiger partial charge in [0, 0.05) is 24.4 Å². The molecule has 0 spiro atoms. The summed E-state index contributed by atoms with van der Waals surface area (Å²) in [5.74, 6) is 0.0848. The van der Waals surface area contributed by atoms with Crippen molar-refractivity contribution in [2.24, 2.45) is 0 Å². The molecule has 0 atom stereocenters. The third-order valence-corrected chi connectivity index (χ3v) is 1.83. The van der Waals surface area contributed by atoms with Crippen LogP contribution in [0, 0.1) is 6.42 Å². The molecule has 1 radical (unpaired) electrons. The average Bonchev–Trinajstić information content (AvgIpc) is 2.19. The Kier molecular flexibility index (Phi) is 4.16. The van der Waals surface area contributed by atoms with Gasteiger partial charge in [-0.2, -0.15) is 0 Å². The van der Waals surface area contributed by atoms with Crippen molar-refractivity contribution in [3.8, 4) is 0 Å². The van der Waals surface area contributed by atoms with E-state index in [9.17, 15) is 4.79 Å². The summed E-state index contributed by atoms with van der Waals surface area (Å²) in [6.45, 7) is 2.11. The molecule has 0 saturated carbocycles. The van der Waals surface area contributed by atoms with Crippen LogP contribution in [0.4, 0.5) is 0 Å². The van der Waals surface area contributed by atoms with Gasteiger partial charge in [-0.25, -0.2) is 0 Å². The summed E-state index contributed by atoms with van der Waals surface area (Å²) in [7, 11) is 0. The summed E-state index contributed by atoms with van der Waals surface area (Å²) in [5, 5.41) is 0. The van der Waals surface area contributed by atoms with Gasteiger partial charge in [0.1, 0.15) is 0 Å². The second kappa shape index (κ2) is 5.46. The molecule has 1 aromatic heterocycles. The molecule has 0 bridgehead atoms. The van der Waals surface area contributed by atoms with Crippen molar-refractivity contribution >= 4 is 5.78 Å². The number of pyridine rings is 1. The zero-order chi connectivity index (χ0) is 9.52. The number of ketones is 1.